The summed E-state index contributed by atoms with van der Waals surface area (Å²) in [6.07, 6.45) is 1.77. The molecule has 0 aliphatic rings. The summed E-state index contributed by atoms with van der Waals surface area (Å²) < 4.78 is 5.99. The highest BCUT2D eigenvalue weighted by Crippen LogP contribution is 2.31. The molecule has 0 aliphatic carbocycles. The number of benzene rings is 2. The molecule has 3 rings (SSSR count). The van der Waals surface area contributed by atoms with Crippen LogP contribution in [0.5, 0.6) is 11.5 Å². The van der Waals surface area contributed by atoms with Gasteiger partial charge in [0.2, 0.25) is 5.95 Å². The first-order valence-electron chi connectivity index (χ1n) is 8.47. The van der Waals surface area contributed by atoms with Gasteiger partial charge in [0.25, 0.3) is 0 Å². The van der Waals surface area contributed by atoms with Gasteiger partial charge < -0.3 is 15.0 Å². The van der Waals surface area contributed by atoms with Gasteiger partial charge in [0.05, 0.1) is 5.69 Å². The minimum Gasteiger partial charge on any atom is -0.455 e. The molecule has 0 spiro atoms. The average molecular weight is 334 g/mol. The summed E-state index contributed by atoms with van der Waals surface area (Å²) in [6.45, 7) is 5.92. The third-order valence-corrected chi connectivity index (χ3v) is 3.81. The van der Waals surface area contributed by atoms with Crippen molar-refractivity contribution in [2.75, 3.05) is 23.3 Å². The molecule has 0 amide bonds. The molecule has 0 bridgehead atoms. The summed E-state index contributed by atoms with van der Waals surface area (Å²) in [5.74, 6) is 3.00. The molecule has 128 valence electrons. The molecule has 0 fully saturated rings. The average Bonchev–Trinajstić information content (AvgIpc) is 2.66. The Morgan fingerprint density at radius 1 is 0.920 bits per heavy atom. The summed E-state index contributed by atoms with van der Waals surface area (Å²) in [6, 6.07) is 19.4. The van der Waals surface area contributed by atoms with Crippen molar-refractivity contribution in [3.05, 3.63) is 66.9 Å². The Hall–Kier alpha value is -3.08. The molecule has 0 aliphatic heterocycles. The lowest BCUT2D eigenvalue weighted by molar-refractivity contribution is 0.485. The maximum Gasteiger partial charge on any atom is 0.227 e. The highest BCUT2D eigenvalue weighted by molar-refractivity contribution is 5.65. The molecule has 0 saturated carbocycles. The monoisotopic (exact) mass is 334 g/mol. The van der Waals surface area contributed by atoms with Gasteiger partial charge in [-0.15, -0.1) is 0 Å². The standard InChI is InChI=1S/C20H22N4O/c1-3-24(4-2)20-21-15-14-19(23-20)22-17-12-8-9-13-18(17)25-16-10-6-5-7-11-16/h5-15H,3-4H2,1-2H3,(H,21,22,23). The van der Waals surface area contributed by atoms with Crippen LogP contribution < -0.4 is 15.0 Å². The van der Waals surface area contributed by atoms with E-state index in [0.29, 0.717) is 0 Å². The number of nitrogens with zero attached hydrogens (tertiary/aromatic N) is 3. The Kier molecular flexibility index (Phi) is 5.46. The van der Waals surface area contributed by atoms with Gasteiger partial charge in [-0.1, -0.05) is 30.3 Å². The number of aromatic nitrogens is 2. The van der Waals surface area contributed by atoms with Crippen LogP contribution >= 0.6 is 0 Å². The maximum absolute atomic E-state index is 5.99. The summed E-state index contributed by atoms with van der Waals surface area (Å²) in [7, 11) is 0. The van der Waals surface area contributed by atoms with E-state index in [1.807, 2.05) is 60.7 Å². The largest absolute Gasteiger partial charge is 0.455 e. The van der Waals surface area contributed by atoms with E-state index in [0.717, 1.165) is 42.0 Å². The fourth-order valence-electron chi connectivity index (χ4n) is 2.49. The smallest absolute Gasteiger partial charge is 0.227 e. The van der Waals surface area contributed by atoms with Gasteiger partial charge in [-0.25, -0.2) is 4.98 Å². The van der Waals surface area contributed by atoms with Crippen LogP contribution in [0.2, 0.25) is 0 Å². The van der Waals surface area contributed by atoms with Crippen molar-refractivity contribution in [2.45, 2.75) is 13.8 Å². The van der Waals surface area contributed by atoms with Crippen LogP contribution in [0.1, 0.15) is 13.8 Å². The Bertz CT molecular complexity index is 804. The Balaban J connectivity index is 1.83. The number of para-hydroxylation sites is 3. The van der Waals surface area contributed by atoms with E-state index in [1.165, 1.54) is 0 Å². The molecular formula is C20H22N4O. The van der Waals surface area contributed by atoms with E-state index < -0.39 is 0 Å². The zero-order chi connectivity index (χ0) is 17.5. The first-order chi connectivity index (χ1) is 12.3. The molecular weight excluding hydrogens is 312 g/mol. The number of hydrogen-bond acceptors (Lipinski definition) is 5. The van der Waals surface area contributed by atoms with E-state index >= 15 is 0 Å². The summed E-state index contributed by atoms with van der Waals surface area (Å²) in [4.78, 5) is 11.1. The maximum atomic E-state index is 5.99. The molecule has 0 saturated heterocycles. The van der Waals surface area contributed by atoms with Crippen LogP contribution in [-0.4, -0.2) is 23.1 Å². The molecule has 2 aromatic carbocycles. The number of hydrogen-bond donors (Lipinski definition) is 1. The Labute approximate surface area is 148 Å². The highest BCUT2D eigenvalue weighted by atomic mass is 16.5. The van der Waals surface area contributed by atoms with E-state index in [-0.39, 0.29) is 0 Å². The third kappa shape index (κ3) is 4.26. The second kappa shape index (κ2) is 8.15. The molecule has 3 aromatic rings. The highest BCUT2D eigenvalue weighted by Gasteiger charge is 2.09. The molecule has 25 heavy (non-hydrogen) atoms. The number of nitrogens with one attached hydrogen (secondary N) is 1. The van der Waals surface area contributed by atoms with Gasteiger partial charge in [0.15, 0.2) is 5.75 Å². The van der Waals surface area contributed by atoms with E-state index in [9.17, 15) is 0 Å². The van der Waals surface area contributed by atoms with Crippen LogP contribution in [0, 0.1) is 0 Å². The number of ether oxygens (including phenoxy) is 1. The molecule has 0 atom stereocenters. The Morgan fingerprint density at radius 2 is 1.64 bits per heavy atom. The molecule has 5 nitrogen and oxygen atoms in total. The Morgan fingerprint density at radius 3 is 2.40 bits per heavy atom. The lowest BCUT2D eigenvalue weighted by atomic mass is 10.3. The minimum absolute atomic E-state index is 0.719. The molecule has 0 radical (unpaired) electrons. The van der Waals surface area contributed by atoms with Crippen molar-refractivity contribution < 1.29 is 4.74 Å². The predicted molar refractivity (Wildman–Crippen MR) is 102 cm³/mol. The van der Waals surface area contributed by atoms with Crippen LogP contribution in [0.25, 0.3) is 0 Å². The van der Waals surface area contributed by atoms with E-state index in [4.69, 9.17) is 4.74 Å². The van der Waals surface area contributed by atoms with Crippen molar-refractivity contribution in [1.29, 1.82) is 0 Å². The van der Waals surface area contributed by atoms with Crippen molar-refractivity contribution in [2.24, 2.45) is 0 Å². The fraction of sp³-hybridized carbons (Fsp3) is 0.200. The van der Waals surface area contributed by atoms with Crippen LogP contribution in [0.15, 0.2) is 66.9 Å². The third-order valence-electron chi connectivity index (χ3n) is 3.81. The predicted octanol–water partition coefficient (Wildman–Crippen LogP) is 4.86. The first kappa shape index (κ1) is 16.8. The van der Waals surface area contributed by atoms with Gasteiger partial charge in [-0.2, -0.15) is 4.98 Å². The normalized spacial score (nSPS) is 10.3. The van der Waals surface area contributed by atoms with Gasteiger partial charge >= 0.3 is 0 Å². The SMILES string of the molecule is CCN(CC)c1nccc(Nc2ccccc2Oc2ccccc2)n1. The van der Waals surface area contributed by atoms with Gasteiger partial charge in [-0.3, -0.25) is 0 Å². The lowest BCUT2D eigenvalue weighted by Gasteiger charge is -2.19. The van der Waals surface area contributed by atoms with Gasteiger partial charge in [0, 0.05) is 19.3 Å². The second-order valence-electron chi connectivity index (χ2n) is 5.45. The van der Waals surface area contributed by atoms with Gasteiger partial charge in [-0.05, 0) is 44.2 Å². The second-order valence-corrected chi connectivity index (χ2v) is 5.45. The molecule has 5 heteroatoms. The first-order valence-corrected chi connectivity index (χ1v) is 8.47. The molecule has 1 heterocycles. The molecule has 0 unspecified atom stereocenters. The van der Waals surface area contributed by atoms with Crippen molar-refractivity contribution in [3.8, 4) is 11.5 Å². The van der Waals surface area contributed by atoms with Crippen LogP contribution in [0.3, 0.4) is 0 Å². The quantitative estimate of drug-likeness (QED) is 0.669. The number of rotatable bonds is 7. The van der Waals surface area contributed by atoms with E-state index in [2.05, 4.69) is 34.0 Å². The van der Waals surface area contributed by atoms with Crippen LogP contribution in [-0.2, 0) is 0 Å². The number of anilines is 3. The van der Waals surface area contributed by atoms with Crippen molar-refractivity contribution in [3.63, 3.8) is 0 Å². The minimum atomic E-state index is 0.719. The lowest BCUT2D eigenvalue weighted by Crippen LogP contribution is -2.24. The summed E-state index contributed by atoms with van der Waals surface area (Å²) >= 11 is 0. The fourth-order valence-corrected chi connectivity index (χ4v) is 2.49. The van der Waals surface area contributed by atoms with Gasteiger partial charge in [0.1, 0.15) is 11.6 Å². The van der Waals surface area contributed by atoms with Crippen LogP contribution in [0.4, 0.5) is 17.5 Å². The van der Waals surface area contributed by atoms with E-state index in [1.54, 1.807) is 6.20 Å². The molecule has 1 N–H and O–H groups in total. The van der Waals surface area contributed by atoms with Crippen molar-refractivity contribution >= 4 is 17.5 Å². The zero-order valence-corrected chi connectivity index (χ0v) is 14.5. The summed E-state index contributed by atoms with van der Waals surface area (Å²) in [5.41, 5.74) is 0.857. The molecule has 1 aromatic heterocycles. The summed E-state index contributed by atoms with van der Waals surface area (Å²) in [5, 5.41) is 3.33. The zero-order valence-electron chi connectivity index (χ0n) is 14.5. The van der Waals surface area contributed by atoms with Crippen molar-refractivity contribution in [1.82, 2.24) is 9.97 Å². The topological polar surface area (TPSA) is 50.3 Å².